The maximum Gasteiger partial charge on any atom is 0.340 e. The zero-order valence-electron chi connectivity index (χ0n) is 15.7. The number of para-hydroxylation sites is 1. The number of ether oxygens (including phenoxy) is 1. The Hall–Kier alpha value is -3.23. The van der Waals surface area contributed by atoms with Gasteiger partial charge in [0.05, 0.1) is 21.8 Å². The second kappa shape index (κ2) is 9.51. The molecule has 0 fully saturated rings. The van der Waals surface area contributed by atoms with Crippen molar-refractivity contribution in [3.63, 3.8) is 0 Å². The van der Waals surface area contributed by atoms with Gasteiger partial charge in [0.25, 0.3) is 11.8 Å². The Morgan fingerprint density at radius 3 is 2.63 bits per heavy atom. The highest BCUT2D eigenvalue weighted by atomic mass is 35.5. The van der Waals surface area contributed by atoms with E-state index in [1.54, 1.807) is 42.8 Å². The molecule has 0 atom stereocenters. The molecule has 2 aromatic carbocycles. The topological polar surface area (TPSA) is 75.7 Å². The Morgan fingerprint density at radius 1 is 1.13 bits per heavy atom. The molecule has 30 heavy (non-hydrogen) atoms. The normalized spacial score (nSPS) is 10.4. The first-order chi connectivity index (χ1) is 14.4. The van der Waals surface area contributed by atoms with E-state index in [0.717, 1.165) is 6.07 Å². The van der Waals surface area contributed by atoms with E-state index in [4.69, 9.17) is 16.3 Å². The lowest BCUT2D eigenvalue weighted by atomic mass is 10.1. The Balaban J connectivity index is 1.68. The molecule has 0 aliphatic carbocycles. The number of benzene rings is 2. The molecule has 0 saturated carbocycles. The van der Waals surface area contributed by atoms with Gasteiger partial charge in [0, 0.05) is 12.1 Å². The zero-order valence-corrected chi connectivity index (χ0v) is 17.3. The number of nitrogens with one attached hydrogen (secondary N) is 1. The van der Waals surface area contributed by atoms with Crippen LogP contribution in [0.2, 0.25) is 5.02 Å². The van der Waals surface area contributed by atoms with Crippen LogP contribution in [0.25, 0.3) is 0 Å². The molecule has 0 saturated heterocycles. The summed E-state index contributed by atoms with van der Waals surface area (Å²) in [5.41, 5.74) is 0.332. The van der Waals surface area contributed by atoms with Gasteiger partial charge in [-0.25, -0.2) is 9.18 Å². The van der Waals surface area contributed by atoms with Gasteiger partial charge in [-0.15, -0.1) is 11.3 Å². The molecule has 0 bridgehead atoms. The molecule has 1 heterocycles. The average Bonchev–Trinajstić information content (AvgIpc) is 3.28. The first kappa shape index (κ1) is 21.5. The SMILES string of the molecule is CN(C(=O)c1cccs1)c1ccccc1C(=O)OCC(=O)Nc1cc(Cl)ccc1F. The van der Waals surface area contributed by atoms with Gasteiger partial charge in [0.15, 0.2) is 6.61 Å². The van der Waals surface area contributed by atoms with Crippen LogP contribution in [-0.2, 0) is 9.53 Å². The van der Waals surface area contributed by atoms with Crippen molar-refractivity contribution in [2.45, 2.75) is 0 Å². The van der Waals surface area contributed by atoms with Crippen LogP contribution < -0.4 is 10.2 Å². The molecule has 1 aromatic heterocycles. The molecule has 6 nitrogen and oxygen atoms in total. The fourth-order valence-electron chi connectivity index (χ4n) is 2.60. The summed E-state index contributed by atoms with van der Waals surface area (Å²) in [7, 11) is 1.54. The Kier molecular flexibility index (Phi) is 6.81. The minimum atomic E-state index is -0.793. The molecule has 0 aliphatic heterocycles. The summed E-state index contributed by atoms with van der Waals surface area (Å²) in [6, 6.07) is 13.5. The second-order valence-corrected chi connectivity index (χ2v) is 7.49. The number of nitrogens with zero attached hydrogens (tertiary/aromatic N) is 1. The van der Waals surface area contributed by atoms with Gasteiger partial charge in [0.2, 0.25) is 0 Å². The lowest BCUT2D eigenvalue weighted by Crippen LogP contribution is -2.28. The van der Waals surface area contributed by atoms with Crippen molar-refractivity contribution in [3.8, 4) is 0 Å². The first-order valence-electron chi connectivity index (χ1n) is 8.69. The summed E-state index contributed by atoms with van der Waals surface area (Å²) in [6.45, 7) is -0.637. The predicted molar refractivity (Wildman–Crippen MR) is 114 cm³/mol. The Morgan fingerprint density at radius 2 is 1.90 bits per heavy atom. The molecule has 3 aromatic rings. The summed E-state index contributed by atoms with van der Waals surface area (Å²) < 4.78 is 18.8. The first-order valence-corrected chi connectivity index (χ1v) is 9.95. The van der Waals surface area contributed by atoms with Crippen molar-refractivity contribution < 1.29 is 23.5 Å². The molecule has 0 radical (unpaired) electrons. The minimum Gasteiger partial charge on any atom is -0.452 e. The van der Waals surface area contributed by atoms with E-state index in [2.05, 4.69) is 5.32 Å². The molecule has 0 spiro atoms. The van der Waals surface area contributed by atoms with E-state index in [1.165, 1.54) is 34.4 Å². The van der Waals surface area contributed by atoms with E-state index in [9.17, 15) is 18.8 Å². The summed E-state index contributed by atoms with van der Waals surface area (Å²) in [5, 5.41) is 4.32. The summed E-state index contributed by atoms with van der Waals surface area (Å²) in [5.74, 6) is -2.47. The number of esters is 1. The zero-order chi connectivity index (χ0) is 21.7. The van der Waals surface area contributed by atoms with E-state index < -0.39 is 24.3 Å². The molecule has 2 amide bonds. The van der Waals surface area contributed by atoms with Gasteiger partial charge in [-0.1, -0.05) is 29.8 Å². The number of carbonyl (C=O) groups is 3. The smallest absolute Gasteiger partial charge is 0.340 e. The van der Waals surface area contributed by atoms with Crippen LogP contribution in [0, 0.1) is 5.82 Å². The van der Waals surface area contributed by atoms with E-state index >= 15 is 0 Å². The summed E-state index contributed by atoms with van der Waals surface area (Å²) >= 11 is 7.07. The predicted octanol–water partition coefficient (Wildman–Crippen LogP) is 4.61. The third kappa shape index (κ3) is 5.03. The molecule has 154 valence electrons. The quantitative estimate of drug-likeness (QED) is 0.561. The lowest BCUT2D eigenvalue weighted by Gasteiger charge is -2.19. The fourth-order valence-corrected chi connectivity index (χ4v) is 3.47. The highest BCUT2D eigenvalue weighted by Crippen LogP contribution is 2.24. The maximum atomic E-state index is 13.7. The van der Waals surface area contributed by atoms with E-state index in [1.807, 2.05) is 0 Å². The van der Waals surface area contributed by atoms with E-state index in [-0.39, 0.29) is 22.2 Å². The standard InChI is InChI=1S/C21H16ClFN2O4S/c1-25(20(27)18-7-4-10-30-18)17-6-3-2-5-14(17)21(28)29-12-19(26)24-16-11-13(22)8-9-15(16)23/h2-11H,12H2,1H3,(H,24,26). The minimum absolute atomic E-state index is 0.117. The van der Waals surface area contributed by atoms with Crippen LogP contribution in [-0.4, -0.2) is 31.4 Å². The number of anilines is 2. The largest absolute Gasteiger partial charge is 0.452 e. The van der Waals surface area contributed by atoms with Crippen LogP contribution >= 0.6 is 22.9 Å². The van der Waals surface area contributed by atoms with Gasteiger partial charge < -0.3 is 15.0 Å². The maximum absolute atomic E-state index is 13.7. The van der Waals surface area contributed by atoms with Crippen LogP contribution in [0.15, 0.2) is 60.0 Å². The van der Waals surface area contributed by atoms with Gasteiger partial charge in [-0.2, -0.15) is 0 Å². The van der Waals surface area contributed by atoms with Crippen LogP contribution in [0.4, 0.5) is 15.8 Å². The number of carbonyl (C=O) groups excluding carboxylic acids is 3. The molecular weight excluding hydrogens is 431 g/mol. The molecular formula is C21H16ClFN2O4S. The van der Waals surface area contributed by atoms with Crippen LogP contribution in [0.1, 0.15) is 20.0 Å². The molecule has 3 rings (SSSR count). The lowest BCUT2D eigenvalue weighted by molar-refractivity contribution is -0.119. The van der Waals surface area contributed by atoms with Crippen LogP contribution in [0.5, 0.6) is 0 Å². The summed E-state index contributed by atoms with van der Waals surface area (Å²) in [6.07, 6.45) is 0. The molecule has 0 unspecified atom stereocenters. The van der Waals surface area contributed by atoms with Gasteiger partial charge in [-0.05, 0) is 41.8 Å². The number of thiophene rings is 1. The van der Waals surface area contributed by atoms with Crippen molar-refractivity contribution in [2.24, 2.45) is 0 Å². The Labute approximate surface area is 180 Å². The molecule has 0 aliphatic rings. The third-order valence-electron chi connectivity index (χ3n) is 4.06. The monoisotopic (exact) mass is 446 g/mol. The van der Waals surface area contributed by atoms with Crippen molar-refractivity contribution in [3.05, 3.63) is 81.3 Å². The number of rotatable bonds is 6. The Bertz CT molecular complexity index is 1090. The van der Waals surface area contributed by atoms with Crippen molar-refractivity contribution in [1.29, 1.82) is 0 Å². The van der Waals surface area contributed by atoms with Gasteiger partial charge in [-0.3, -0.25) is 9.59 Å². The van der Waals surface area contributed by atoms with Gasteiger partial charge in [0.1, 0.15) is 5.82 Å². The molecule has 1 N–H and O–H groups in total. The highest BCUT2D eigenvalue weighted by molar-refractivity contribution is 7.12. The molecule has 9 heteroatoms. The number of halogens is 2. The van der Waals surface area contributed by atoms with Crippen molar-refractivity contribution in [2.75, 3.05) is 23.9 Å². The number of hydrogen-bond donors (Lipinski definition) is 1. The highest BCUT2D eigenvalue weighted by Gasteiger charge is 2.21. The summed E-state index contributed by atoms with van der Waals surface area (Å²) in [4.78, 5) is 39.0. The number of amides is 2. The van der Waals surface area contributed by atoms with Crippen molar-refractivity contribution >= 4 is 52.1 Å². The van der Waals surface area contributed by atoms with Crippen LogP contribution in [0.3, 0.4) is 0 Å². The van der Waals surface area contributed by atoms with Crippen molar-refractivity contribution in [1.82, 2.24) is 0 Å². The third-order valence-corrected chi connectivity index (χ3v) is 5.15. The van der Waals surface area contributed by atoms with Gasteiger partial charge >= 0.3 is 5.97 Å². The average molecular weight is 447 g/mol. The number of hydrogen-bond acceptors (Lipinski definition) is 5. The second-order valence-electron chi connectivity index (χ2n) is 6.11. The van der Waals surface area contributed by atoms with E-state index in [0.29, 0.717) is 10.6 Å². The fraction of sp³-hybridized carbons (Fsp3) is 0.0952.